The lowest BCUT2D eigenvalue weighted by molar-refractivity contribution is -0.139. The van der Waals surface area contributed by atoms with Crippen molar-refractivity contribution >= 4 is 39.3 Å². The van der Waals surface area contributed by atoms with Crippen LogP contribution in [-0.2, 0) is 9.53 Å². The minimum absolute atomic E-state index is 0.0552. The van der Waals surface area contributed by atoms with Crippen molar-refractivity contribution in [3.05, 3.63) is 106 Å². The van der Waals surface area contributed by atoms with Crippen LogP contribution in [0.3, 0.4) is 0 Å². The molecule has 2 aromatic carbocycles. The molecule has 0 spiro atoms. The van der Waals surface area contributed by atoms with Gasteiger partial charge in [0.2, 0.25) is 0 Å². The van der Waals surface area contributed by atoms with Gasteiger partial charge in [0.25, 0.3) is 5.56 Å². The fourth-order valence-electron chi connectivity index (χ4n) is 5.37. The van der Waals surface area contributed by atoms with E-state index < -0.39 is 12.0 Å². The van der Waals surface area contributed by atoms with E-state index in [0.717, 1.165) is 27.1 Å². The Labute approximate surface area is 262 Å². The summed E-state index contributed by atoms with van der Waals surface area (Å²) in [4.78, 5) is 32.7. The predicted molar refractivity (Wildman–Crippen MR) is 172 cm³/mol. The highest BCUT2D eigenvalue weighted by atomic mass is 79.9. The summed E-state index contributed by atoms with van der Waals surface area (Å²) in [5, 5.41) is 0. The van der Waals surface area contributed by atoms with Gasteiger partial charge in [-0.15, -0.1) is 0 Å². The van der Waals surface area contributed by atoms with Gasteiger partial charge in [-0.1, -0.05) is 33.3 Å². The minimum atomic E-state index is -0.755. The highest BCUT2D eigenvalue weighted by Crippen LogP contribution is 2.36. The van der Waals surface area contributed by atoms with Crippen LogP contribution in [0.15, 0.2) is 74.1 Å². The molecule has 0 amide bonds. The predicted octanol–water partition coefficient (Wildman–Crippen LogP) is 5.76. The van der Waals surface area contributed by atoms with E-state index in [9.17, 15) is 9.59 Å². The maximum absolute atomic E-state index is 14.2. The number of hydrogen-bond donors (Lipinski definition) is 0. The van der Waals surface area contributed by atoms with Crippen molar-refractivity contribution in [2.45, 2.75) is 53.7 Å². The van der Waals surface area contributed by atoms with E-state index >= 15 is 0 Å². The molecule has 1 atom stereocenters. The van der Waals surface area contributed by atoms with Gasteiger partial charge >= 0.3 is 5.97 Å². The second-order valence-electron chi connectivity index (χ2n) is 10.5. The molecular weight excluding hydrogens is 630 g/mol. The molecule has 0 aliphatic carbocycles. The number of nitrogens with zero attached hydrogens (tertiary/aromatic N) is 3. The van der Waals surface area contributed by atoms with Crippen LogP contribution in [0.25, 0.3) is 11.8 Å². The summed E-state index contributed by atoms with van der Waals surface area (Å²) < 4.78 is 22.3. The number of carbonyl (C=O) groups excluding carboxylic acids is 1. The number of benzene rings is 2. The molecule has 224 valence electrons. The van der Waals surface area contributed by atoms with Crippen molar-refractivity contribution in [1.82, 2.24) is 9.13 Å². The number of methoxy groups -OCH3 is 1. The van der Waals surface area contributed by atoms with E-state index in [2.05, 4.69) is 26.6 Å². The Balaban J connectivity index is 1.69. The van der Waals surface area contributed by atoms with Crippen molar-refractivity contribution < 1.29 is 19.0 Å². The number of carbonyl (C=O) groups is 1. The zero-order chi connectivity index (χ0) is 31.0. The number of thiazole rings is 1. The minimum Gasteiger partial charge on any atom is -0.493 e. The third-order valence-electron chi connectivity index (χ3n) is 7.22. The average molecular weight is 665 g/mol. The van der Waals surface area contributed by atoms with Crippen molar-refractivity contribution in [2.75, 3.05) is 13.7 Å². The summed E-state index contributed by atoms with van der Waals surface area (Å²) >= 11 is 4.80. The molecule has 3 heterocycles. The van der Waals surface area contributed by atoms with Crippen molar-refractivity contribution in [2.24, 2.45) is 4.99 Å². The van der Waals surface area contributed by atoms with Crippen LogP contribution < -0.4 is 24.4 Å². The molecule has 0 bridgehead atoms. The summed E-state index contributed by atoms with van der Waals surface area (Å²) in [6.45, 7) is 11.7. The molecule has 0 fully saturated rings. The third-order valence-corrected chi connectivity index (χ3v) is 8.74. The van der Waals surface area contributed by atoms with Crippen LogP contribution in [0.4, 0.5) is 0 Å². The molecule has 0 saturated carbocycles. The smallest absolute Gasteiger partial charge is 0.338 e. The molecular formula is C33H34BrN3O5S. The Bertz CT molecular complexity index is 1910. The van der Waals surface area contributed by atoms with Crippen LogP contribution in [0.2, 0.25) is 0 Å². The van der Waals surface area contributed by atoms with Gasteiger partial charge in [0.05, 0.1) is 41.7 Å². The number of ether oxygens (including phenoxy) is 3. The number of hydrogen-bond acceptors (Lipinski definition) is 7. The molecule has 1 aliphatic heterocycles. The summed E-state index contributed by atoms with van der Waals surface area (Å²) in [6, 6.07) is 14.9. The standard InChI is InChI=1S/C33H34BrN3O5S/c1-8-41-32(39)29-20(5)35-33-37(30(29)22-9-14-26(42-18(2)3)27(16-22)40-7)31(38)28(43-33)17-23-15-19(4)36(21(23)6)25-12-10-24(34)11-13-25/h9-18,30H,8H2,1-7H3/b28-17+/t30-/m0/s1. The highest BCUT2D eigenvalue weighted by molar-refractivity contribution is 9.10. The maximum atomic E-state index is 14.2. The van der Waals surface area contributed by atoms with E-state index in [1.54, 1.807) is 31.6 Å². The van der Waals surface area contributed by atoms with Crippen LogP contribution in [0.1, 0.15) is 56.3 Å². The topological polar surface area (TPSA) is 84.1 Å². The second kappa shape index (κ2) is 12.4. The molecule has 0 saturated heterocycles. The Kier molecular flexibility index (Phi) is 8.80. The summed E-state index contributed by atoms with van der Waals surface area (Å²) in [5.74, 6) is 0.572. The van der Waals surface area contributed by atoms with Gasteiger partial charge in [0.1, 0.15) is 0 Å². The first-order valence-electron chi connectivity index (χ1n) is 14.0. The Hall–Kier alpha value is -3.89. The zero-order valence-electron chi connectivity index (χ0n) is 25.2. The summed E-state index contributed by atoms with van der Waals surface area (Å²) in [6.07, 6.45) is 1.85. The number of halogens is 1. The Morgan fingerprint density at radius 1 is 1.09 bits per heavy atom. The largest absolute Gasteiger partial charge is 0.493 e. The number of rotatable bonds is 8. The number of aryl methyl sites for hydroxylation is 1. The molecule has 4 aromatic rings. The number of fused-ring (bicyclic) bond motifs is 1. The van der Waals surface area contributed by atoms with Gasteiger partial charge in [-0.3, -0.25) is 9.36 Å². The molecule has 1 aliphatic rings. The summed E-state index contributed by atoms with van der Waals surface area (Å²) in [7, 11) is 1.57. The molecule has 0 unspecified atom stereocenters. The van der Waals surface area contributed by atoms with Gasteiger partial charge in [-0.2, -0.15) is 0 Å². The lowest BCUT2D eigenvalue weighted by atomic mass is 9.95. The number of aromatic nitrogens is 2. The van der Waals surface area contributed by atoms with Crippen molar-refractivity contribution in [3.63, 3.8) is 0 Å². The first-order valence-corrected chi connectivity index (χ1v) is 15.6. The number of esters is 1. The Morgan fingerprint density at radius 3 is 2.47 bits per heavy atom. The first kappa shape index (κ1) is 30.6. The first-order chi connectivity index (χ1) is 20.5. The van der Waals surface area contributed by atoms with Gasteiger partial charge < -0.3 is 18.8 Å². The maximum Gasteiger partial charge on any atom is 0.338 e. The third kappa shape index (κ3) is 5.86. The zero-order valence-corrected chi connectivity index (χ0v) is 27.6. The molecule has 8 nitrogen and oxygen atoms in total. The van der Waals surface area contributed by atoms with E-state index in [1.807, 2.05) is 70.2 Å². The van der Waals surface area contributed by atoms with Gasteiger partial charge in [0, 0.05) is 21.5 Å². The summed E-state index contributed by atoms with van der Waals surface area (Å²) in [5.41, 5.74) is 5.29. The lowest BCUT2D eigenvalue weighted by Gasteiger charge is -2.25. The molecule has 43 heavy (non-hydrogen) atoms. The Morgan fingerprint density at radius 2 is 1.81 bits per heavy atom. The molecule has 2 aromatic heterocycles. The van der Waals surface area contributed by atoms with Gasteiger partial charge in [0.15, 0.2) is 16.3 Å². The van der Waals surface area contributed by atoms with Crippen LogP contribution in [0, 0.1) is 13.8 Å². The second-order valence-corrected chi connectivity index (χ2v) is 12.4. The lowest BCUT2D eigenvalue weighted by Crippen LogP contribution is -2.40. The molecule has 10 heteroatoms. The van der Waals surface area contributed by atoms with Gasteiger partial charge in [-0.05, 0) is 101 Å². The van der Waals surface area contributed by atoms with E-state index in [1.165, 1.54) is 11.3 Å². The van der Waals surface area contributed by atoms with Gasteiger partial charge in [-0.25, -0.2) is 9.79 Å². The van der Waals surface area contributed by atoms with E-state index in [4.69, 9.17) is 19.2 Å². The monoisotopic (exact) mass is 663 g/mol. The highest BCUT2D eigenvalue weighted by Gasteiger charge is 2.34. The van der Waals surface area contributed by atoms with Crippen molar-refractivity contribution in [1.29, 1.82) is 0 Å². The van der Waals surface area contributed by atoms with E-state index in [-0.39, 0.29) is 18.3 Å². The SMILES string of the molecule is CCOC(=O)C1=C(C)N=c2s/c(=C/c3cc(C)n(-c4ccc(Br)cc4)c3C)c(=O)n2[C@H]1c1ccc(OC(C)C)c(OC)c1. The van der Waals surface area contributed by atoms with E-state index in [0.29, 0.717) is 37.7 Å². The molecule has 5 rings (SSSR count). The molecule has 0 radical (unpaired) electrons. The molecule has 0 N–H and O–H groups in total. The van der Waals surface area contributed by atoms with Crippen molar-refractivity contribution in [3.8, 4) is 17.2 Å². The fourth-order valence-corrected chi connectivity index (χ4v) is 6.68. The quantitative estimate of drug-likeness (QED) is 0.224. The van der Waals surface area contributed by atoms with Crippen LogP contribution in [-0.4, -0.2) is 34.9 Å². The number of allylic oxidation sites excluding steroid dienone is 1. The van der Waals surface area contributed by atoms with Crippen LogP contribution in [0.5, 0.6) is 11.5 Å². The van der Waals surface area contributed by atoms with Crippen LogP contribution >= 0.6 is 27.3 Å². The normalized spacial score (nSPS) is 15.0. The average Bonchev–Trinajstić information content (AvgIpc) is 3.42. The fraction of sp³-hybridized carbons (Fsp3) is 0.303.